The number of thiophene rings is 1. The molecule has 0 aliphatic heterocycles. The van der Waals surface area contributed by atoms with E-state index >= 15 is 0 Å². The summed E-state index contributed by atoms with van der Waals surface area (Å²) in [6.45, 7) is 1.93. The van der Waals surface area contributed by atoms with Gasteiger partial charge in [-0.15, -0.1) is 11.3 Å². The van der Waals surface area contributed by atoms with Gasteiger partial charge in [0, 0.05) is 4.88 Å². The van der Waals surface area contributed by atoms with E-state index in [1.165, 1.54) is 17.4 Å². The van der Waals surface area contributed by atoms with Crippen molar-refractivity contribution < 1.29 is 18.1 Å². The van der Waals surface area contributed by atoms with Gasteiger partial charge in [0.1, 0.15) is 0 Å². The maximum absolute atomic E-state index is 10.5. The van der Waals surface area contributed by atoms with Crippen molar-refractivity contribution in [3.8, 4) is 0 Å². The molecule has 0 aromatic carbocycles. The molecule has 0 fully saturated rings. The standard InChI is InChI=1S/C7H10O4S2/c1-2-5-3-4-6(12-5)7(8)13(9,10)11/h3-4,7-8H,2H2,1H3,(H,9,10,11). The molecule has 0 aliphatic carbocycles. The van der Waals surface area contributed by atoms with Gasteiger partial charge in [-0.2, -0.15) is 8.42 Å². The number of hydrogen-bond donors (Lipinski definition) is 2. The molecule has 0 saturated carbocycles. The fraction of sp³-hybridized carbons (Fsp3) is 0.429. The van der Waals surface area contributed by atoms with Crippen LogP contribution in [-0.2, 0) is 16.5 Å². The van der Waals surface area contributed by atoms with Crippen LogP contribution in [0, 0.1) is 0 Å². The second-order valence-corrected chi connectivity index (χ2v) is 5.20. The number of aliphatic hydroxyl groups is 1. The van der Waals surface area contributed by atoms with E-state index in [0.717, 1.165) is 11.3 Å². The van der Waals surface area contributed by atoms with Crippen LogP contribution in [0.15, 0.2) is 12.1 Å². The van der Waals surface area contributed by atoms with E-state index in [1.54, 1.807) is 6.07 Å². The first kappa shape index (κ1) is 10.6. The Bertz CT molecular complexity index is 379. The third kappa shape index (κ3) is 2.50. The SMILES string of the molecule is CCc1ccc(C(O)S(=O)(=O)O)s1. The third-order valence-electron chi connectivity index (χ3n) is 1.56. The number of rotatable bonds is 3. The predicted octanol–water partition coefficient (Wildman–Crippen LogP) is 1.19. The zero-order chi connectivity index (χ0) is 10.1. The molecule has 74 valence electrons. The maximum Gasteiger partial charge on any atom is 0.297 e. The molecular weight excluding hydrogens is 212 g/mol. The Kier molecular flexibility index (Phi) is 3.07. The first-order valence-corrected chi connectivity index (χ1v) is 6.00. The minimum absolute atomic E-state index is 0.249. The number of aryl methyl sites for hydroxylation is 1. The molecule has 0 amide bonds. The zero-order valence-electron chi connectivity index (χ0n) is 6.97. The highest BCUT2D eigenvalue weighted by molar-refractivity contribution is 7.86. The Labute approximate surface area is 80.6 Å². The van der Waals surface area contributed by atoms with Crippen LogP contribution in [0.5, 0.6) is 0 Å². The maximum atomic E-state index is 10.5. The molecule has 0 bridgehead atoms. The fourth-order valence-electron chi connectivity index (χ4n) is 0.864. The number of hydrogen-bond acceptors (Lipinski definition) is 4. The Morgan fingerprint density at radius 3 is 2.54 bits per heavy atom. The van der Waals surface area contributed by atoms with Crippen LogP contribution in [0.1, 0.15) is 22.1 Å². The van der Waals surface area contributed by atoms with E-state index in [9.17, 15) is 8.42 Å². The molecule has 1 heterocycles. The van der Waals surface area contributed by atoms with Crippen molar-refractivity contribution in [3.05, 3.63) is 21.9 Å². The molecule has 1 aromatic rings. The van der Waals surface area contributed by atoms with Gasteiger partial charge in [-0.1, -0.05) is 6.92 Å². The van der Waals surface area contributed by atoms with Crippen LogP contribution in [0.3, 0.4) is 0 Å². The summed E-state index contributed by atoms with van der Waals surface area (Å²) in [6, 6.07) is 3.23. The zero-order valence-corrected chi connectivity index (χ0v) is 8.60. The van der Waals surface area contributed by atoms with E-state index in [0.29, 0.717) is 0 Å². The lowest BCUT2D eigenvalue weighted by Crippen LogP contribution is -2.09. The molecule has 0 radical (unpaired) electrons. The molecule has 1 unspecified atom stereocenters. The summed E-state index contributed by atoms with van der Waals surface area (Å²) >= 11 is 1.18. The molecular formula is C7H10O4S2. The summed E-state index contributed by atoms with van der Waals surface area (Å²) in [4.78, 5) is 1.22. The van der Waals surface area contributed by atoms with Crippen molar-refractivity contribution in [2.24, 2.45) is 0 Å². The lowest BCUT2D eigenvalue weighted by molar-refractivity contribution is 0.242. The molecule has 1 rings (SSSR count). The van der Waals surface area contributed by atoms with Gasteiger partial charge in [0.2, 0.25) is 5.44 Å². The van der Waals surface area contributed by atoms with Gasteiger partial charge in [-0.3, -0.25) is 4.55 Å². The predicted molar refractivity (Wildman–Crippen MR) is 50.2 cm³/mol. The van der Waals surface area contributed by atoms with E-state index in [1.807, 2.05) is 6.92 Å². The van der Waals surface area contributed by atoms with Gasteiger partial charge in [0.25, 0.3) is 10.1 Å². The molecule has 0 saturated heterocycles. The Morgan fingerprint density at radius 2 is 2.15 bits per heavy atom. The van der Waals surface area contributed by atoms with Crippen molar-refractivity contribution in [1.82, 2.24) is 0 Å². The highest BCUT2D eigenvalue weighted by Crippen LogP contribution is 2.26. The van der Waals surface area contributed by atoms with E-state index in [4.69, 9.17) is 9.66 Å². The average molecular weight is 222 g/mol. The molecule has 1 aromatic heterocycles. The minimum atomic E-state index is -4.38. The van der Waals surface area contributed by atoms with Crippen LogP contribution >= 0.6 is 11.3 Å². The van der Waals surface area contributed by atoms with Crippen LogP contribution in [0.4, 0.5) is 0 Å². The monoisotopic (exact) mass is 222 g/mol. The fourth-order valence-corrected chi connectivity index (χ4v) is 2.57. The van der Waals surface area contributed by atoms with Crippen LogP contribution in [0.2, 0.25) is 0 Å². The molecule has 1 atom stereocenters. The van der Waals surface area contributed by atoms with Crippen molar-refractivity contribution in [1.29, 1.82) is 0 Å². The first-order chi connectivity index (χ1) is 5.95. The summed E-state index contributed by atoms with van der Waals surface area (Å²) in [7, 11) is -4.38. The van der Waals surface area contributed by atoms with Crippen LogP contribution < -0.4 is 0 Å². The Balaban J connectivity index is 2.96. The summed E-state index contributed by atoms with van der Waals surface area (Å²) in [5.41, 5.74) is -1.81. The van der Waals surface area contributed by atoms with Crippen molar-refractivity contribution in [2.75, 3.05) is 0 Å². The largest absolute Gasteiger partial charge is 0.371 e. The number of aliphatic hydroxyl groups excluding tert-OH is 1. The molecule has 2 N–H and O–H groups in total. The second-order valence-electron chi connectivity index (χ2n) is 2.52. The normalized spacial score (nSPS) is 14.4. The Morgan fingerprint density at radius 1 is 1.54 bits per heavy atom. The van der Waals surface area contributed by atoms with E-state index in [-0.39, 0.29) is 4.88 Å². The smallest absolute Gasteiger partial charge is 0.297 e. The first-order valence-electron chi connectivity index (χ1n) is 3.68. The molecule has 13 heavy (non-hydrogen) atoms. The lowest BCUT2D eigenvalue weighted by Gasteiger charge is -2.02. The van der Waals surface area contributed by atoms with Gasteiger partial charge < -0.3 is 5.11 Å². The average Bonchev–Trinajstić information content (AvgIpc) is 2.48. The van der Waals surface area contributed by atoms with Gasteiger partial charge in [0.15, 0.2) is 0 Å². The van der Waals surface area contributed by atoms with Crippen molar-refractivity contribution in [3.63, 3.8) is 0 Å². The minimum Gasteiger partial charge on any atom is -0.371 e. The summed E-state index contributed by atoms with van der Waals surface area (Å²) < 4.78 is 29.6. The molecule has 0 spiro atoms. The summed E-state index contributed by atoms with van der Waals surface area (Å²) in [5.74, 6) is 0. The second kappa shape index (κ2) is 3.75. The quantitative estimate of drug-likeness (QED) is 0.753. The van der Waals surface area contributed by atoms with E-state index in [2.05, 4.69) is 0 Å². The van der Waals surface area contributed by atoms with Gasteiger partial charge in [0.05, 0.1) is 4.88 Å². The summed E-state index contributed by atoms with van der Waals surface area (Å²) in [5, 5.41) is 9.14. The Hall–Kier alpha value is -0.430. The highest BCUT2D eigenvalue weighted by atomic mass is 32.2. The van der Waals surface area contributed by atoms with Crippen LogP contribution in [-0.4, -0.2) is 18.1 Å². The van der Waals surface area contributed by atoms with Crippen molar-refractivity contribution >= 4 is 21.5 Å². The van der Waals surface area contributed by atoms with Gasteiger partial charge >= 0.3 is 0 Å². The molecule has 6 heteroatoms. The van der Waals surface area contributed by atoms with Gasteiger partial charge in [-0.05, 0) is 18.6 Å². The summed E-state index contributed by atoms with van der Waals surface area (Å²) in [6.07, 6.45) is 0.781. The highest BCUT2D eigenvalue weighted by Gasteiger charge is 2.23. The topological polar surface area (TPSA) is 74.6 Å². The lowest BCUT2D eigenvalue weighted by atomic mass is 10.4. The van der Waals surface area contributed by atoms with Crippen molar-refractivity contribution in [2.45, 2.75) is 18.8 Å². The van der Waals surface area contributed by atoms with Crippen LogP contribution in [0.25, 0.3) is 0 Å². The van der Waals surface area contributed by atoms with Gasteiger partial charge in [-0.25, -0.2) is 0 Å². The third-order valence-corrected chi connectivity index (χ3v) is 3.81. The molecule has 4 nitrogen and oxygen atoms in total. The van der Waals surface area contributed by atoms with E-state index < -0.39 is 15.6 Å². The molecule has 0 aliphatic rings.